The fraction of sp³-hybridized carbons (Fsp3) is 0.389. The summed E-state index contributed by atoms with van der Waals surface area (Å²) in [4.78, 5) is 23.1. The van der Waals surface area contributed by atoms with Gasteiger partial charge in [0.05, 0.1) is 26.0 Å². The van der Waals surface area contributed by atoms with E-state index in [1.54, 1.807) is 36.4 Å². The molecule has 1 saturated heterocycles. The lowest BCUT2D eigenvalue weighted by atomic mass is 10.1. The second-order valence-corrected chi connectivity index (χ2v) is 5.92. The fourth-order valence-electron chi connectivity index (χ4n) is 2.75. The van der Waals surface area contributed by atoms with Gasteiger partial charge in [-0.15, -0.1) is 0 Å². The highest BCUT2D eigenvalue weighted by Gasteiger charge is 2.20. The molecule has 1 aliphatic rings. The summed E-state index contributed by atoms with van der Waals surface area (Å²) in [5, 5.41) is 6.17. The molecular weight excluding hydrogens is 334 g/mol. The van der Waals surface area contributed by atoms with Gasteiger partial charge in [0.15, 0.2) is 0 Å². The zero-order valence-electron chi connectivity index (χ0n) is 15.2. The number of anilines is 3. The van der Waals surface area contributed by atoms with Crippen LogP contribution in [0, 0.1) is 6.92 Å². The van der Waals surface area contributed by atoms with Crippen molar-refractivity contribution < 1.29 is 14.3 Å². The van der Waals surface area contributed by atoms with Gasteiger partial charge in [0, 0.05) is 37.5 Å². The van der Waals surface area contributed by atoms with E-state index in [2.05, 4.69) is 20.6 Å². The van der Waals surface area contributed by atoms with Crippen LogP contribution in [0.4, 0.5) is 17.5 Å². The summed E-state index contributed by atoms with van der Waals surface area (Å²) in [6.07, 6.45) is 1.74. The van der Waals surface area contributed by atoms with Crippen molar-refractivity contribution in [2.75, 3.05) is 51.1 Å². The largest absolute Gasteiger partial charge is 0.495 e. The van der Waals surface area contributed by atoms with Crippen LogP contribution in [0.25, 0.3) is 0 Å². The van der Waals surface area contributed by atoms with Crippen molar-refractivity contribution >= 4 is 23.4 Å². The Morgan fingerprint density at radius 3 is 2.77 bits per heavy atom. The molecule has 1 aliphatic heterocycles. The van der Waals surface area contributed by atoms with E-state index in [0.29, 0.717) is 49.3 Å². The minimum absolute atomic E-state index is 0.0257. The molecule has 1 aromatic heterocycles. The van der Waals surface area contributed by atoms with Gasteiger partial charge in [-0.2, -0.15) is 4.98 Å². The molecule has 0 aliphatic carbocycles. The maximum Gasteiger partial charge on any atom is 0.254 e. The minimum Gasteiger partial charge on any atom is -0.495 e. The molecule has 0 saturated carbocycles. The standard InChI is InChI=1S/C18H23N5O3/c1-12-11-20-18(22-16(12)19-2)21-14-5-4-13(10-15(14)25-3)17(24)23-6-8-26-9-7-23/h4-5,10-11H,6-9H2,1-3H3,(H2,19,20,21,22). The zero-order valence-corrected chi connectivity index (χ0v) is 15.2. The molecular formula is C18H23N5O3. The minimum atomic E-state index is -0.0257. The lowest BCUT2D eigenvalue weighted by Crippen LogP contribution is -2.40. The number of methoxy groups -OCH3 is 1. The highest BCUT2D eigenvalue weighted by atomic mass is 16.5. The maximum atomic E-state index is 12.6. The fourth-order valence-corrected chi connectivity index (χ4v) is 2.75. The highest BCUT2D eigenvalue weighted by Crippen LogP contribution is 2.28. The van der Waals surface area contributed by atoms with Crippen LogP contribution < -0.4 is 15.4 Å². The highest BCUT2D eigenvalue weighted by molar-refractivity contribution is 5.95. The Kier molecular flexibility index (Phi) is 5.52. The van der Waals surface area contributed by atoms with Crippen LogP contribution in [-0.2, 0) is 4.74 Å². The number of aryl methyl sites for hydroxylation is 1. The first kappa shape index (κ1) is 17.9. The lowest BCUT2D eigenvalue weighted by molar-refractivity contribution is 0.0302. The van der Waals surface area contributed by atoms with Gasteiger partial charge >= 0.3 is 0 Å². The molecule has 2 heterocycles. The smallest absolute Gasteiger partial charge is 0.254 e. The number of carbonyl (C=O) groups excluding carboxylic acids is 1. The van der Waals surface area contributed by atoms with Gasteiger partial charge in [-0.3, -0.25) is 4.79 Å². The third-order valence-electron chi connectivity index (χ3n) is 4.20. The topological polar surface area (TPSA) is 88.6 Å². The van der Waals surface area contributed by atoms with Gasteiger partial charge in [-0.1, -0.05) is 0 Å². The summed E-state index contributed by atoms with van der Waals surface area (Å²) in [6, 6.07) is 5.30. The van der Waals surface area contributed by atoms with Gasteiger partial charge in [0.2, 0.25) is 5.95 Å². The third-order valence-corrected chi connectivity index (χ3v) is 4.20. The van der Waals surface area contributed by atoms with E-state index in [4.69, 9.17) is 9.47 Å². The zero-order chi connectivity index (χ0) is 18.5. The Balaban J connectivity index is 1.81. The molecule has 2 aromatic rings. The van der Waals surface area contributed by atoms with Crippen LogP contribution in [0.5, 0.6) is 5.75 Å². The van der Waals surface area contributed by atoms with E-state index in [9.17, 15) is 4.79 Å². The van der Waals surface area contributed by atoms with E-state index in [-0.39, 0.29) is 5.91 Å². The summed E-state index contributed by atoms with van der Waals surface area (Å²) < 4.78 is 10.7. The summed E-state index contributed by atoms with van der Waals surface area (Å²) >= 11 is 0. The summed E-state index contributed by atoms with van der Waals surface area (Å²) in [6.45, 7) is 4.28. The number of morpholine rings is 1. The van der Waals surface area contributed by atoms with E-state index >= 15 is 0 Å². The second-order valence-electron chi connectivity index (χ2n) is 5.92. The molecule has 0 bridgehead atoms. The number of benzene rings is 1. The van der Waals surface area contributed by atoms with Gasteiger partial charge < -0.3 is 25.0 Å². The molecule has 0 unspecified atom stereocenters. The Labute approximate surface area is 152 Å². The first-order valence-corrected chi connectivity index (χ1v) is 8.46. The van der Waals surface area contributed by atoms with Crippen LogP contribution in [0.2, 0.25) is 0 Å². The third kappa shape index (κ3) is 3.85. The van der Waals surface area contributed by atoms with Crippen molar-refractivity contribution in [3.63, 3.8) is 0 Å². The molecule has 8 nitrogen and oxygen atoms in total. The molecule has 1 fully saturated rings. The summed E-state index contributed by atoms with van der Waals surface area (Å²) in [5.41, 5.74) is 2.23. The number of hydrogen-bond donors (Lipinski definition) is 2. The Morgan fingerprint density at radius 2 is 2.08 bits per heavy atom. The van der Waals surface area contributed by atoms with Crippen molar-refractivity contribution in [2.24, 2.45) is 0 Å². The summed E-state index contributed by atoms with van der Waals surface area (Å²) in [7, 11) is 3.38. The Morgan fingerprint density at radius 1 is 1.31 bits per heavy atom. The van der Waals surface area contributed by atoms with Crippen molar-refractivity contribution in [1.29, 1.82) is 0 Å². The lowest BCUT2D eigenvalue weighted by Gasteiger charge is -2.27. The van der Waals surface area contributed by atoms with Crippen LogP contribution in [-0.4, -0.2) is 61.2 Å². The van der Waals surface area contributed by atoms with E-state index in [1.807, 2.05) is 14.0 Å². The van der Waals surface area contributed by atoms with Crippen molar-refractivity contribution in [3.05, 3.63) is 35.5 Å². The molecule has 2 N–H and O–H groups in total. The van der Waals surface area contributed by atoms with Crippen LogP contribution in [0.1, 0.15) is 15.9 Å². The maximum absolute atomic E-state index is 12.6. The number of ether oxygens (including phenoxy) is 2. The molecule has 138 valence electrons. The first-order chi connectivity index (χ1) is 12.6. The Bertz CT molecular complexity index is 790. The Hall–Kier alpha value is -2.87. The van der Waals surface area contributed by atoms with Gasteiger partial charge in [-0.05, 0) is 25.1 Å². The van der Waals surface area contributed by atoms with Gasteiger partial charge in [0.25, 0.3) is 5.91 Å². The van der Waals surface area contributed by atoms with E-state index in [1.165, 1.54) is 0 Å². The normalized spacial score (nSPS) is 14.0. The van der Waals surface area contributed by atoms with Crippen LogP contribution in [0.15, 0.2) is 24.4 Å². The second kappa shape index (κ2) is 8.01. The molecule has 1 amide bonds. The number of amides is 1. The predicted molar refractivity (Wildman–Crippen MR) is 99.3 cm³/mol. The number of aromatic nitrogens is 2. The van der Waals surface area contributed by atoms with Crippen LogP contribution >= 0.6 is 0 Å². The molecule has 0 atom stereocenters. The molecule has 26 heavy (non-hydrogen) atoms. The molecule has 0 radical (unpaired) electrons. The van der Waals surface area contributed by atoms with E-state index < -0.39 is 0 Å². The first-order valence-electron chi connectivity index (χ1n) is 8.46. The average molecular weight is 357 g/mol. The molecule has 8 heteroatoms. The average Bonchev–Trinajstić information content (AvgIpc) is 2.69. The van der Waals surface area contributed by atoms with Crippen molar-refractivity contribution in [2.45, 2.75) is 6.92 Å². The van der Waals surface area contributed by atoms with E-state index in [0.717, 1.165) is 11.4 Å². The van der Waals surface area contributed by atoms with Crippen molar-refractivity contribution in [3.8, 4) is 5.75 Å². The molecule has 0 spiro atoms. The monoisotopic (exact) mass is 357 g/mol. The quantitative estimate of drug-likeness (QED) is 0.846. The molecule has 1 aromatic carbocycles. The van der Waals surface area contributed by atoms with Gasteiger partial charge in [0.1, 0.15) is 11.6 Å². The molecule has 3 rings (SSSR count). The number of nitrogens with zero attached hydrogens (tertiary/aromatic N) is 3. The van der Waals surface area contributed by atoms with Gasteiger partial charge in [-0.25, -0.2) is 4.98 Å². The van der Waals surface area contributed by atoms with Crippen molar-refractivity contribution in [1.82, 2.24) is 14.9 Å². The number of nitrogens with one attached hydrogen (secondary N) is 2. The number of carbonyl (C=O) groups is 1. The SMILES string of the molecule is CNc1nc(Nc2ccc(C(=O)N3CCOCC3)cc2OC)ncc1C. The number of rotatable bonds is 5. The number of hydrogen-bond acceptors (Lipinski definition) is 7. The van der Waals surface area contributed by atoms with Crippen LogP contribution in [0.3, 0.4) is 0 Å². The summed E-state index contributed by atoms with van der Waals surface area (Å²) in [5.74, 6) is 1.73. The predicted octanol–water partition coefficient (Wildman–Crippen LogP) is 2.05.